The number of hydrogen-bond acceptors (Lipinski definition) is 3. The van der Waals surface area contributed by atoms with E-state index >= 15 is 0 Å². The molecule has 144 valence electrons. The molecular weight excluding hydrogens is 355 g/mol. The van der Waals surface area contributed by atoms with Gasteiger partial charge >= 0.3 is 0 Å². The molecule has 1 atom stereocenters. The minimum Gasteiger partial charge on any atom is -0.348 e. The molecule has 2 aromatic rings. The fourth-order valence-electron chi connectivity index (χ4n) is 2.84. The monoisotopic (exact) mass is 382 g/mol. The maximum atomic E-state index is 13.2. The number of hydrogen-bond donors (Lipinski definition) is 2. The maximum absolute atomic E-state index is 13.2. The van der Waals surface area contributed by atoms with Gasteiger partial charge in [0.1, 0.15) is 5.82 Å². The van der Waals surface area contributed by atoms with Gasteiger partial charge in [-0.25, -0.2) is 9.07 Å². The van der Waals surface area contributed by atoms with E-state index in [0.29, 0.717) is 12.1 Å². The van der Waals surface area contributed by atoms with Crippen LogP contribution in [0.5, 0.6) is 0 Å². The maximum Gasteiger partial charge on any atom is 0.255 e. The molecule has 7 heteroatoms. The Morgan fingerprint density at radius 1 is 1.31 bits per heavy atom. The average Bonchev–Trinajstić information content (AvgIpc) is 3.04. The molecule has 1 aromatic carbocycles. The highest BCUT2D eigenvalue weighted by molar-refractivity contribution is 5.95. The lowest BCUT2D eigenvalue weighted by Gasteiger charge is -2.18. The van der Waals surface area contributed by atoms with Crippen molar-refractivity contribution in [2.45, 2.75) is 52.0 Å². The summed E-state index contributed by atoms with van der Waals surface area (Å²) in [4.78, 5) is 12.7. The first-order valence-electron chi connectivity index (χ1n) is 8.82. The third kappa shape index (κ3) is 5.29. The van der Waals surface area contributed by atoms with Crippen molar-refractivity contribution >= 4 is 18.3 Å². The molecule has 26 heavy (non-hydrogen) atoms. The second-order valence-electron chi connectivity index (χ2n) is 6.53. The molecule has 0 spiro atoms. The van der Waals surface area contributed by atoms with Crippen LogP contribution >= 0.6 is 12.4 Å². The summed E-state index contributed by atoms with van der Waals surface area (Å²) < 4.78 is 14.9. The topological polar surface area (TPSA) is 72.9 Å². The van der Waals surface area contributed by atoms with Gasteiger partial charge in [0.25, 0.3) is 5.91 Å². The number of unbranched alkanes of at least 4 members (excludes halogenated alkanes) is 1. The van der Waals surface area contributed by atoms with Crippen molar-refractivity contribution in [2.75, 3.05) is 6.54 Å². The molecule has 0 aliphatic rings. The predicted molar refractivity (Wildman–Crippen MR) is 105 cm³/mol. The van der Waals surface area contributed by atoms with E-state index in [1.165, 1.54) is 12.1 Å². The Morgan fingerprint density at radius 2 is 1.96 bits per heavy atom. The summed E-state index contributed by atoms with van der Waals surface area (Å²) in [5.74, 6) is -0.384. The highest BCUT2D eigenvalue weighted by Gasteiger charge is 2.22. The van der Waals surface area contributed by atoms with Crippen LogP contribution in [0, 0.1) is 5.82 Å². The summed E-state index contributed by atoms with van der Waals surface area (Å²) in [6.45, 7) is 6.53. The van der Waals surface area contributed by atoms with E-state index in [0.717, 1.165) is 30.6 Å². The molecule has 1 amide bonds. The van der Waals surface area contributed by atoms with Gasteiger partial charge in [-0.05, 0) is 36.6 Å². The zero-order chi connectivity index (χ0) is 18.4. The first-order chi connectivity index (χ1) is 12.0. The SMILES string of the molecule is CCCCC(CN)NC(=O)c1cnn(-c2ccc(F)cc2)c1C(C)C.Cl. The molecule has 0 saturated carbocycles. The number of nitrogens with zero attached hydrogens (tertiary/aromatic N) is 2. The molecule has 0 saturated heterocycles. The lowest BCUT2D eigenvalue weighted by Crippen LogP contribution is -2.40. The first-order valence-corrected chi connectivity index (χ1v) is 8.82. The Hall–Kier alpha value is -1.92. The number of nitrogens with one attached hydrogen (secondary N) is 1. The quantitative estimate of drug-likeness (QED) is 0.729. The van der Waals surface area contributed by atoms with Crippen LogP contribution in [0.15, 0.2) is 30.5 Å². The van der Waals surface area contributed by atoms with Gasteiger partial charge in [0.2, 0.25) is 0 Å². The van der Waals surface area contributed by atoms with Crippen molar-refractivity contribution in [3.63, 3.8) is 0 Å². The van der Waals surface area contributed by atoms with Crippen molar-refractivity contribution < 1.29 is 9.18 Å². The molecule has 3 N–H and O–H groups in total. The molecule has 1 unspecified atom stereocenters. The zero-order valence-electron chi connectivity index (χ0n) is 15.5. The zero-order valence-corrected chi connectivity index (χ0v) is 16.4. The minimum atomic E-state index is -0.304. The van der Waals surface area contributed by atoms with Crippen molar-refractivity contribution in [2.24, 2.45) is 5.73 Å². The van der Waals surface area contributed by atoms with Gasteiger partial charge in [-0.2, -0.15) is 5.10 Å². The lowest BCUT2D eigenvalue weighted by molar-refractivity contribution is 0.0934. The molecule has 0 aliphatic heterocycles. The minimum absolute atomic E-state index is 0. The molecule has 0 radical (unpaired) electrons. The van der Waals surface area contributed by atoms with E-state index in [-0.39, 0.29) is 36.1 Å². The number of amides is 1. The van der Waals surface area contributed by atoms with Crippen molar-refractivity contribution in [1.82, 2.24) is 15.1 Å². The lowest BCUT2D eigenvalue weighted by atomic mass is 10.0. The van der Waals surface area contributed by atoms with Gasteiger partial charge < -0.3 is 11.1 Å². The Kier molecular flexibility index (Phi) is 8.75. The number of rotatable bonds is 8. The molecule has 1 heterocycles. The number of benzene rings is 1. The fraction of sp³-hybridized carbons (Fsp3) is 0.474. The summed E-state index contributed by atoms with van der Waals surface area (Å²) in [6, 6.07) is 6.04. The van der Waals surface area contributed by atoms with Crippen LogP contribution in [-0.2, 0) is 0 Å². The van der Waals surface area contributed by atoms with Crippen LogP contribution in [-0.4, -0.2) is 28.3 Å². The van der Waals surface area contributed by atoms with Crippen molar-refractivity contribution in [1.29, 1.82) is 0 Å². The summed E-state index contributed by atoms with van der Waals surface area (Å²) in [7, 11) is 0. The second kappa shape index (κ2) is 10.3. The van der Waals surface area contributed by atoms with Gasteiger partial charge in [0.05, 0.1) is 23.1 Å². The highest BCUT2D eigenvalue weighted by Crippen LogP contribution is 2.23. The largest absolute Gasteiger partial charge is 0.348 e. The molecule has 0 fully saturated rings. The smallest absolute Gasteiger partial charge is 0.255 e. The van der Waals surface area contributed by atoms with E-state index < -0.39 is 0 Å². The van der Waals surface area contributed by atoms with Crippen LogP contribution < -0.4 is 11.1 Å². The molecule has 0 aliphatic carbocycles. The number of aromatic nitrogens is 2. The average molecular weight is 383 g/mol. The predicted octanol–water partition coefficient (Wildman–Crippen LogP) is 3.80. The van der Waals surface area contributed by atoms with E-state index in [2.05, 4.69) is 17.3 Å². The number of halogens is 2. The van der Waals surface area contributed by atoms with E-state index in [1.54, 1.807) is 23.0 Å². The van der Waals surface area contributed by atoms with Crippen LogP contribution in [0.4, 0.5) is 4.39 Å². The second-order valence-corrected chi connectivity index (χ2v) is 6.53. The Labute approximate surface area is 160 Å². The van der Waals surface area contributed by atoms with Crippen LogP contribution in [0.3, 0.4) is 0 Å². The van der Waals surface area contributed by atoms with Crippen molar-refractivity contribution in [3.05, 3.63) is 47.5 Å². The first kappa shape index (κ1) is 22.1. The standard InChI is InChI=1S/C19H27FN4O.ClH/c1-4-5-6-15(11-21)23-19(25)17-12-22-24(18(17)13(2)3)16-9-7-14(20)8-10-16;/h7-10,12-13,15H,4-6,11,21H2,1-3H3,(H,23,25);1H. The number of carbonyl (C=O) groups excluding carboxylic acids is 1. The van der Waals surface area contributed by atoms with Gasteiger partial charge in [-0.15, -0.1) is 12.4 Å². The van der Waals surface area contributed by atoms with Gasteiger partial charge in [0.15, 0.2) is 0 Å². The Bertz CT molecular complexity index is 700. The number of nitrogens with two attached hydrogens (primary N) is 1. The Balaban J connectivity index is 0.00000338. The summed E-state index contributed by atoms with van der Waals surface area (Å²) in [5.41, 5.74) is 7.84. The van der Waals surface area contributed by atoms with Gasteiger partial charge in [-0.3, -0.25) is 4.79 Å². The van der Waals surface area contributed by atoms with E-state index in [9.17, 15) is 9.18 Å². The fourth-order valence-corrected chi connectivity index (χ4v) is 2.84. The normalized spacial score (nSPS) is 11.9. The molecular formula is C19H28ClFN4O. The Morgan fingerprint density at radius 3 is 2.50 bits per heavy atom. The highest BCUT2D eigenvalue weighted by atomic mass is 35.5. The third-order valence-electron chi connectivity index (χ3n) is 4.20. The van der Waals surface area contributed by atoms with Gasteiger partial charge in [-0.1, -0.05) is 33.6 Å². The van der Waals surface area contributed by atoms with Gasteiger partial charge in [0, 0.05) is 12.6 Å². The number of carbonyl (C=O) groups is 1. The summed E-state index contributed by atoms with van der Waals surface area (Å²) >= 11 is 0. The van der Waals surface area contributed by atoms with Crippen LogP contribution in [0.1, 0.15) is 62.0 Å². The third-order valence-corrected chi connectivity index (χ3v) is 4.20. The molecule has 0 bridgehead atoms. The van der Waals surface area contributed by atoms with Crippen LogP contribution in [0.2, 0.25) is 0 Å². The van der Waals surface area contributed by atoms with E-state index in [1.807, 2.05) is 13.8 Å². The summed E-state index contributed by atoms with van der Waals surface area (Å²) in [6.07, 6.45) is 4.52. The molecule has 1 aromatic heterocycles. The van der Waals surface area contributed by atoms with E-state index in [4.69, 9.17) is 5.73 Å². The molecule has 5 nitrogen and oxygen atoms in total. The summed E-state index contributed by atoms with van der Waals surface area (Å²) in [5, 5.41) is 7.37. The molecule has 2 rings (SSSR count). The van der Waals surface area contributed by atoms with Crippen molar-refractivity contribution in [3.8, 4) is 5.69 Å². The van der Waals surface area contributed by atoms with Crippen LogP contribution in [0.25, 0.3) is 5.69 Å².